The summed E-state index contributed by atoms with van der Waals surface area (Å²) in [6.45, 7) is 0.0619. The molecule has 102 valence electrons. The Kier molecular flexibility index (Phi) is 4.01. The highest BCUT2D eigenvalue weighted by atomic mass is 32.1. The van der Waals surface area contributed by atoms with Gasteiger partial charge in [-0.1, -0.05) is 6.07 Å². The minimum Gasteiger partial charge on any atom is -0.392 e. The molecule has 0 aliphatic heterocycles. The van der Waals surface area contributed by atoms with Gasteiger partial charge in [0.2, 0.25) is 0 Å². The summed E-state index contributed by atoms with van der Waals surface area (Å²) < 4.78 is 37.0. The standard InChI is InChI=1S/C11H10F3N3OS/c12-11(13,14)10-17-8(6-19-10)4-16-9-2-1-7(5-18)3-15-9/h1-3,6,18H,4-5H2,(H,15,16). The van der Waals surface area contributed by atoms with E-state index < -0.39 is 11.2 Å². The minimum absolute atomic E-state index is 0.103. The van der Waals surface area contributed by atoms with Crippen molar-refractivity contribution in [2.24, 2.45) is 0 Å². The van der Waals surface area contributed by atoms with Crippen LogP contribution in [0.4, 0.5) is 19.0 Å². The van der Waals surface area contributed by atoms with E-state index in [2.05, 4.69) is 15.3 Å². The van der Waals surface area contributed by atoms with Crippen LogP contribution in [-0.4, -0.2) is 15.1 Å². The molecular formula is C11H10F3N3OS. The fourth-order valence-electron chi connectivity index (χ4n) is 1.32. The quantitative estimate of drug-likeness (QED) is 0.908. The molecule has 0 aliphatic rings. The molecule has 8 heteroatoms. The summed E-state index contributed by atoms with van der Waals surface area (Å²) in [4.78, 5) is 7.50. The highest BCUT2D eigenvalue weighted by molar-refractivity contribution is 7.09. The first-order valence-corrected chi connectivity index (χ1v) is 6.18. The summed E-state index contributed by atoms with van der Waals surface area (Å²) in [5.41, 5.74) is 0.976. The van der Waals surface area contributed by atoms with Crippen molar-refractivity contribution >= 4 is 17.2 Å². The molecule has 0 aliphatic carbocycles. The first kappa shape index (κ1) is 13.8. The molecule has 0 radical (unpaired) electrons. The predicted molar refractivity (Wildman–Crippen MR) is 64.6 cm³/mol. The van der Waals surface area contributed by atoms with Crippen LogP contribution in [0.3, 0.4) is 0 Å². The van der Waals surface area contributed by atoms with Crippen LogP contribution in [0.25, 0.3) is 0 Å². The maximum absolute atomic E-state index is 12.3. The number of aliphatic hydroxyl groups is 1. The largest absolute Gasteiger partial charge is 0.443 e. The SMILES string of the molecule is OCc1ccc(NCc2csc(C(F)(F)F)n2)nc1. The van der Waals surface area contributed by atoms with Gasteiger partial charge in [0, 0.05) is 11.6 Å². The highest BCUT2D eigenvalue weighted by Gasteiger charge is 2.34. The first-order chi connectivity index (χ1) is 8.99. The third kappa shape index (κ3) is 3.65. The lowest BCUT2D eigenvalue weighted by Gasteiger charge is -2.04. The van der Waals surface area contributed by atoms with Crippen LogP contribution < -0.4 is 5.32 Å². The van der Waals surface area contributed by atoms with E-state index in [9.17, 15) is 13.2 Å². The number of thiazole rings is 1. The summed E-state index contributed by atoms with van der Waals surface area (Å²) in [5.74, 6) is 0.513. The second-order valence-corrected chi connectivity index (χ2v) is 4.56. The van der Waals surface area contributed by atoms with E-state index in [1.165, 1.54) is 11.6 Å². The number of hydrogen-bond acceptors (Lipinski definition) is 5. The molecular weight excluding hydrogens is 279 g/mol. The average molecular weight is 289 g/mol. The molecule has 0 bridgehead atoms. The lowest BCUT2D eigenvalue weighted by atomic mass is 10.3. The zero-order valence-electron chi connectivity index (χ0n) is 9.61. The van der Waals surface area contributed by atoms with E-state index in [1.807, 2.05) is 0 Å². The minimum atomic E-state index is -4.40. The molecule has 0 saturated carbocycles. The molecule has 2 rings (SSSR count). The number of alkyl halides is 3. The molecule has 0 spiro atoms. The van der Waals surface area contributed by atoms with E-state index in [0.29, 0.717) is 28.4 Å². The molecule has 0 amide bonds. The van der Waals surface area contributed by atoms with Crippen LogP contribution in [0.1, 0.15) is 16.3 Å². The van der Waals surface area contributed by atoms with Gasteiger partial charge in [-0.05, 0) is 11.6 Å². The van der Waals surface area contributed by atoms with Crippen molar-refractivity contribution in [2.75, 3.05) is 5.32 Å². The molecule has 0 fully saturated rings. The molecule has 2 aromatic rings. The highest BCUT2D eigenvalue weighted by Crippen LogP contribution is 2.31. The Bertz CT molecular complexity index is 539. The van der Waals surface area contributed by atoms with E-state index in [-0.39, 0.29) is 13.2 Å². The van der Waals surface area contributed by atoms with Crippen molar-refractivity contribution in [2.45, 2.75) is 19.3 Å². The average Bonchev–Trinajstić information content (AvgIpc) is 2.86. The molecule has 4 nitrogen and oxygen atoms in total. The van der Waals surface area contributed by atoms with Gasteiger partial charge in [-0.15, -0.1) is 11.3 Å². The van der Waals surface area contributed by atoms with Crippen molar-refractivity contribution in [1.82, 2.24) is 9.97 Å². The summed E-state index contributed by atoms with van der Waals surface area (Å²) in [5, 5.41) is 12.2. The van der Waals surface area contributed by atoms with Gasteiger partial charge in [0.1, 0.15) is 5.82 Å². The normalized spacial score (nSPS) is 11.6. The van der Waals surface area contributed by atoms with Crippen LogP contribution in [0.2, 0.25) is 0 Å². The lowest BCUT2D eigenvalue weighted by Crippen LogP contribution is -2.06. The predicted octanol–water partition coefficient (Wildman–Crippen LogP) is 2.66. The van der Waals surface area contributed by atoms with Gasteiger partial charge in [-0.3, -0.25) is 0 Å². The maximum Gasteiger partial charge on any atom is 0.443 e. The van der Waals surface area contributed by atoms with Gasteiger partial charge in [-0.25, -0.2) is 9.97 Å². The Labute approximate surface area is 111 Å². The van der Waals surface area contributed by atoms with Crippen molar-refractivity contribution in [3.8, 4) is 0 Å². The second-order valence-electron chi connectivity index (χ2n) is 3.71. The number of nitrogens with one attached hydrogen (secondary N) is 1. The number of aromatic nitrogens is 2. The molecule has 0 saturated heterocycles. The summed E-state index contributed by atoms with van der Waals surface area (Å²) in [7, 11) is 0. The molecule has 0 unspecified atom stereocenters. The van der Waals surface area contributed by atoms with Crippen LogP contribution in [0, 0.1) is 0 Å². The number of aliphatic hydroxyl groups excluding tert-OH is 1. The zero-order valence-corrected chi connectivity index (χ0v) is 10.4. The van der Waals surface area contributed by atoms with E-state index in [0.717, 1.165) is 0 Å². The van der Waals surface area contributed by atoms with E-state index in [4.69, 9.17) is 5.11 Å². The van der Waals surface area contributed by atoms with Gasteiger partial charge in [-0.2, -0.15) is 13.2 Å². The molecule has 2 heterocycles. The number of hydrogen-bond donors (Lipinski definition) is 2. The molecule has 0 atom stereocenters. The summed E-state index contributed by atoms with van der Waals surface area (Å²) in [6.07, 6.45) is -2.91. The number of pyridine rings is 1. The third-order valence-electron chi connectivity index (χ3n) is 2.25. The first-order valence-electron chi connectivity index (χ1n) is 5.30. The van der Waals surface area contributed by atoms with Gasteiger partial charge in [0.05, 0.1) is 18.8 Å². The van der Waals surface area contributed by atoms with Crippen LogP contribution in [-0.2, 0) is 19.3 Å². The van der Waals surface area contributed by atoms with E-state index >= 15 is 0 Å². The second kappa shape index (κ2) is 5.54. The van der Waals surface area contributed by atoms with Gasteiger partial charge in [0.15, 0.2) is 5.01 Å². The van der Waals surface area contributed by atoms with Gasteiger partial charge >= 0.3 is 6.18 Å². The Morgan fingerprint density at radius 1 is 1.32 bits per heavy atom. The van der Waals surface area contributed by atoms with Gasteiger partial charge in [0.25, 0.3) is 0 Å². The Hall–Kier alpha value is -1.67. The van der Waals surface area contributed by atoms with Crippen molar-refractivity contribution in [3.63, 3.8) is 0 Å². The molecule has 2 aromatic heterocycles. The monoisotopic (exact) mass is 289 g/mol. The third-order valence-corrected chi connectivity index (χ3v) is 3.19. The maximum atomic E-state index is 12.3. The van der Waals surface area contributed by atoms with Crippen LogP contribution in [0.5, 0.6) is 0 Å². The van der Waals surface area contributed by atoms with Crippen molar-refractivity contribution in [3.05, 3.63) is 40.0 Å². The zero-order chi connectivity index (χ0) is 13.9. The van der Waals surface area contributed by atoms with Crippen molar-refractivity contribution < 1.29 is 18.3 Å². The smallest absolute Gasteiger partial charge is 0.392 e. The topological polar surface area (TPSA) is 58.0 Å². The molecule has 0 aromatic carbocycles. The number of halogens is 3. The number of rotatable bonds is 4. The Balaban J connectivity index is 1.96. The molecule has 19 heavy (non-hydrogen) atoms. The van der Waals surface area contributed by atoms with E-state index in [1.54, 1.807) is 12.1 Å². The number of nitrogens with zero attached hydrogens (tertiary/aromatic N) is 2. The van der Waals surface area contributed by atoms with Crippen molar-refractivity contribution in [1.29, 1.82) is 0 Å². The van der Waals surface area contributed by atoms with Crippen LogP contribution >= 0.6 is 11.3 Å². The molecule has 2 N–H and O–H groups in total. The number of anilines is 1. The Morgan fingerprint density at radius 3 is 2.63 bits per heavy atom. The summed E-state index contributed by atoms with van der Waals surface area (Å²) in [6, 6.07) is 3.32. The van der Waals surface area contributed by atoms with Gasteiger partial charge < -0.3 is 10.4 Å². The fraction of sp³-hybridized carbons (Fsp3) is 0.273. The fourth-order valence-corrected chi connectivity index (χ4v) is 2.01. The lowest BCUT2D eigenvalue weighted by molar-refractivity contribution is -0.137. The Morgan fingerprint density at radius 2 is 2.11 bits per heavy atom. The summed E-state index contributed by atoms with van der Waals surface area (Å²) >= 11 is 0.568. The van der Waals surface area contributed by atoms with Crippen LogP contribution in [0.15, 0.2) is 23.7 Å².